The van der Waals surface area contributed by atoms with Crippen LogP contribution in [0.5, 0.6) is 5.75 Å². The van der Waals surface area contributed by atoms with Gasteiger partial charge in [0.25, 0.3) is 0 Å². The van der Waals surface area contributed by atoms with E-state index in [-0.39, 0.29) is 6.10 Å². The molecule has 0 saturated heterocycles. The standard InChI is InChI=1S/C16H22N2O/c1-12(10-16(2,18)11-17)19-15-8-7-13-5-3-4-6-14(13)9-15/h7-9,12H,3-6,10,18H2,1-2H3. The van der Waals surface area contributed by atoms with Crippen LogP contribution in [0, 0.1) is 11.3 Å². The average Bonchev–Trinajstić information content (AvgIpc) is 2.38. The van der Waals surface area contributed by atoms with Gasteiger partial charge in [0, 0.05) is 6.42 Å². The second-order valence-electron chi connectivity index (χ2n) is 5.80. The molecule has 2 unspecified atom stereocenters. The lowest BCUT2D eigenvalue weighted by molar-refractivity contribution is 0.191. The van der Waals surface area contributed by atoms with Crippen LogP contribution in [0.25, 0.3) is 0 Å². The normalized spacial score (nSPS) is 18.8. The van der Waals surface area contributed by atoms with E-state index in [9.17, 15) is 0 Å². The molecule has 0 aromatic heterocycles. The fraction of sp³-hybridized carbons (Fsp3) is 0.562. The maximum absolute atomic E-state index is 8.94. The molecular weight excluding hydrogens is 236 g/mol. The minimum Gasteiger partial charge on any atom is -0.491 e. The van der Waals surface area contributed by atoms with Crippen LogP contribution in [0.2, 0.25) is 0 Å². The third-order valence-corrected chi connectivity index (χ3v) is 3.62. The molecule has 0 radical (unpaired) electrons. The molecule has 2 rings (SSSR count). The summed E-state index contributed by atoms with van der Waals surface area (Å²) in [6, 6.07) is 8.45. The fourth-order valence-corrected chi connectivity index (χ4v) is 2.70. The fourth-order valence-electron chi connectivity index (χ4n) is 2.70. The molecule has 102 valence electrons. The molecule has 19 heavy (non-hydrogen) atoms. The highest BCUT2D eigenvalue weighted by Gasteiger charge is 2.22. The van der Waals surface area contributed by atoms with Crippen LogP contribution in [0.3, 0.4) is 0 Å². The maximum atomic E-state index is 8.94. The van der Waals surface area contributed by atoms with E-state index in [1.165, 1.54) is 30.4 Å². The average molecular weight is 258 g/mol. The highest BCUT2D eigenvalue weighted by Crippen LogP contribution is 2.26. The summed E-state index contributed by atoms with van der Waals surface area (Å²) in [5.41, 5.74) is 7.87. The zero-order valence-electron chi connectivity index (χ0n) is 11.8. The summed E-state index contributed by atoms with van der Waals surface area (Å²) < 4.78 is 5.89. The number of hydrogen-bond acceptors (Lipinski definition) is 3. The Kier molecular flexibility index (Phi) is 4.11. The largest absolute Gasteiger partial charge is 0.491 e. The number of fused-ring (bicyclic) bond motifs is 1. The molecule has 0 bridgehead atoms. The molecule has 0 amide bonds. The Bertz CT molecular complexity index is 488. The number of nitrogens with zero attached hydrogens (tertiary/aromatic N) is 1. The topological polar surface area (TPSA) is 59.0 Å². The number of hydrogen-bond donors (Lipinski definition) is 1. The molecule has 0 aliphatic heterocycles. The van der Waals surface area contributed by atoms with Crippen LogP contribution in [-0.2, 0) is 12.8 Å². The molecule has 1 aliphatic carbocycles. The number of benzene rings is 1. The van der Waals surface area contributed by atoms with Gasteiger partial charge in [-0.1, -0.05) is 6.07 Å². The van der Waals surface area contributed by atoms with E-state index in [2.05, 4.69) is 18.2 Å². The van der Waals surface area contributed by atoms with Crippen molar-refractivity contribution in [2.75, 3.05) is 0 Å². The highest BCUT2D eigenvalue weighted by molar-refractivity contribution is 5.37. The highest BCUT2D eigenvalue weighted by atomic mass is 16.5. The van der Waals surface area contributed by atoms with Crippen LogP contribution in [0.4, 0.5) is 0 Å². The van der Waals surface area contributed by atoms with Crippen molar-refractivity contribution in [1.82, 2.24) is 0 Å². The Labute approximate surface area is 115 Å². The van der Waals surface area contributed by atoms with Gasteiger partial charge in [-0.2, -0.15) is 5.26 Å². The third kappa shape index (κ3) is 3.71. The van der Waals surface area contributed by atoms with Crippen molar-refractivity contribution >= 4 is 0 Å². The van der Waals surface area contributed by atoms with Gasteiger partial charge in [-0.3, -0.25) is 0 Å². The number of rotatable bonds is 4. The van der Waals surface area contributed by atoms with Crippen LogP contribution >= 0.6 is 0 Å². The Hall–Kier alpha value is -1.53. The summed E-state index contributed by atoms with van der Waals surface area (Å²) in [5.74, 6) is 0.891. The third-order valence-electron chi connectivity index (χ3n) is 3.62. The summed E-state index contributed by atoms with van der Waals surface area (Å²) >= 11 is 0. The van der Waals surface area contributed by atoms with Gasteiger partial charge in [-0.15, -0.1) is 0 Å². The van der Waals surface area contributed by atoms with E-state index in [0.717, 1.165) is 12.2 Å². The van der Waals surface area contributed by atoms with E-state index in [1.54, 1.807) is 6.92 Å². The molecule has 0 fully saturated rings. The molecule has 0 spiro atoms. The zero-order valence-corrected chi connectivity index (χ0v) is 11.8. The summed E-state index contributed by atoms with van der Waals surface area (Å²) in [5, 5.41) is 8.94. The Balaban J connectivity index is 2.01. The van der Waals surface area contributed by atoms with Crippen molar-refractivity contribution in [3.8, 4) is 11.8 Å². The summed E-state index contributed by atoms with van der Waals surface area (Å²) in [6.45, 7) is 3.70. The van der Waals surface area contributed by atoms with Gasteiger partial charge >= 0.3 is 0 Å². The van der Waals surface area contributed by atoms with Crippen molar-refractivity contribution in [2.24, 2.45) is 5.73 Å². The minimum atomic E-state index is -0.826. The number of nitrogens with two attached hydrogens (primary N) is 1. The molecular formula is C16H22N2O. The lowest BCUT2D eigenvalue weighted by atomic mass is 9.91. The number of nitriles is 1. The van der Waals surface area contributed by atoms with Gasteiger partial charge < -0.3 is 10.5 Å². The summed E-state index contributed by atoms with van der Waals surface area (Å²) in [7, 11) is 0. The first-order valence-electron chi connectivity index (χ1n) is 6.99. The number of aryl methyl sites for hydroxylation is 2. The molecule has 0 heterocycles. The van der Waals surface area contributed by atoms with Crippen LogP contribution in [0.1, 0.15) is 44.2 Å². The molecule has 3 heteroatoms. The molecule has 1 aromatic rings. The van der Waals surface area contributed by atoms with Crippen LogP contribution in [0.15, 0.2) is 18.2 Å². The Morgan fingerprint density at radius 2 is 2.05 bits per heavy atom. The quantitative estimate of drug-likeness (QED) is 0.903. The van der Waals surface area contributed by atoms with Gasteiger partial charge in [-0.05, 0) is 62.8 Å². The first-order valence-corrected chi connectivity index (χ1v) is 6.99. The maximum Gasteiger partial charge on any atom is 0.119 e. The van der Waals surface area contributed by atoms with Crippen molar-refractivity contribution in [2.45, 2.75) is 57.6 Å². The first kappa shape index (κ1) is 13.9. The minimum absolute atomic E-state index is 0.0590. The van der Waals surface area contributed by atoms with E-state index in [0.29, 0.717) is 6.42 Å². The molecule has 2 atom stereocenters. The lowest BCUT2D eigenvalue weighted by Crippen LogP contribution is -2.38. The van der Waals surface area contributed by atoms with Gasteiger partial charge in [-0.25, -0.2) is 0 Å². The van der Waals surface area contributed by atoms with Gasteiger partial charge in [0.2, 0.25) is 0 Å². The lowest BCUT2D eigenvalue weighted by Gasteiger charge is -2.23. The van der Waals surface area contributed by atoms with Crippen LogP contribution in [-0.4, -0.2) is 11.6 Å². The van der Waals surface area contributed by atoms with Crippen molar-refractivity contribution in [3.05, 3.63) is 29.3 Å². The molecule has 2 N–H and O–H groups in total. The first-order chi connectivity index (χ1) is 9.00. The van der Waals surface area contributed by atoms with E-state index in [1.807, 2.05) is 13.0 Å². The second kappa shape index (κ2) is 5.63. The van der Waals surface area contributed by atoms with E-state index in [4.69, 9.17) is 15.7 Å². The second-order valence-corrected chi connectivity index (χ2v) is 5.80. The van der Waals surface area contributed by atoms with Gasteiger partial charge in [0.1, 0.15) is 11.3 Å². The summed E-state index contributed by atoms with van der Waals surface area (Å²) in [6.07, 6.45) is 5.35. The van der Waals surface area contributed by atoms with Gasteiger partial charge in [0.15, 0.2) is 0 Å². The predicted octanol–water partition coefficient (Wildman–Crippen LogP) is 2.96. The van der Waals surface area contributed by atoms with Crippen LogP contribution < -0.4 is 10.5 Å². The SMILES string of the molecule is CC(CC(C)(N)C#N)Oc1ccc2c(c1)CCCC2. The molecule has 3 nitrogen and oxygen atoms in total. The van der Waals surface area contributed by atoms with Gasteiger partial charge in [0.05, 0.1) is 12.2 Å². The molecule has 1 aliphatic rings. The predicted molar refractivity (Wildman–Crippen MR) is 76.0 cm³/mol. The van der Waals surface area contributed by atoms with Crippen molar-refractivity contribution < 1.29 is 4.74 Å². The smallest absolute Gasteiger partial charge is 0.119 e. The summed E-state index contributed by atoms with van der Waals surface area (Å²) in [4.78, 5) is 0. The monoisotopic (exact) mass is 258 g/mol. The van der Waals surface area contributed by atoms with Crippen molar-refractivity contribution in [3.63, 3.8) is 0 Å². The Morgan fingerprint density at radius 3 is 2.74 bits per heavy atom. The number of ether oxygens (including phenoxy) is 1. The Morgan fingerprint density at radius 1 is 1.37 bits per heavy atom. The molecule has 0 saturated carbocycles. The van der Waals surface area contributed by atoms with E-state index < -0.39 is 5.54 Å². The van der Waals surface area contributed by atoms with Crippen molar-refractivity contribution in [1.29, 1.82) is 5.26 Å². The zero-order chi connectivity index (χ0) is 13.9. The molecule has 1 aromatic carbocycles. The van der Waals surface area contributed by atoms with E-state index >= 15 is 0 Å².